The second kappa shape index (κ2) is 6.36. The van der Waals surface area contributed by atoms with Gasteiger partial charge >= 0.3 is 6.18 Å². The van der Waals surface area contributed by atoms with Crippen LogP contribution in [-0.4, -0.2) is 20.8 Å². The number of nitrogens with zero attached hydrogens (tertiary/aromatic N) is 2. The summed E-state index contributed by atoms with van der Waals surface area (Å²) in [6, 6.07) is 4.91. The van der Waals surface area contributed by atoms with Crippen molar-refractivity contribution in [3.05, 3.63) is 47.0 Å². The molecule has 0 fully saturated rings. The Morgan fingerprint density at radius 2 is 2.10 bits per heavy atom. The summed E-state index contributed by atoms with van der Waals surface area (Å²) in [5, 5.41) is 12.4. The van der Waals surface area contributed by atoms with E-state index in [9.17, 15) is 13.2 Å². The monoisotopic (exact) mass is 319 g/mol. The van der Waals surface area contributed by atoms with E-state index in [1.54, 1.807) is 18.2 Å². The molecule has 8 heteroatoms. The van der Waals surface area contributed by atoms with Crippen molar-refractivity contribution in [2.75, 3.05) is 5.32 Å². The maximum atomic E-state index is 12.4. The lowest BCUT2D eigenvalue weighted by Crippen LogP contribution is -2.20. The highest BCUT2D eigenvalue weighted by atomic mass is 35.5. The van der Waals surface area contributed by atoms with E-state index in [2.05, 4.69) is 10.3 Å². The molecule has 0 spiro atoms. The Bertz CT molecular complexity index is 613. The van der Waals surface area contributed by atoms with Crippen molar-refractivity contribution >= 4 is 17.3 Å². The van der Waals surface area contributed by atoms with Gasteiger partial charge in [-0.1, -0.05) is 17.7 Å². The third kappa shape index (κ3) is 4.37. The van der Waals surface area contributed by atoms with Crippen LogP contribution in [0.3, 0.4) is 0 Å². The maximum absolute atomic E-state index is 12.4. The van der Waals surface area contributed by atoms with Crippen LogP contribution in [0.5, 0.6) is 0 Å². The summed E-state index contributed by atoms with van der Waals surface area (Å²) in [4.78, 5) is 3.90. The zero-order valence-corrected chi connectivity index (χ0v) is 11.6. The molecule has 0 saturated carbocycles. The number of aliphatic hydroxyl groups is 1. The van der Waals surface area contributed by atoms with Crippen LogP contribution in [0.2, 0.25) is 5.02 Å². The first kappa shape index (κ1) is 15.7. The van der Waals surface area contributed by atoms with Crippen molar-refractivity contribution in [2.24, 2.45) is 0 Å². The zero-order chi connectivity index (χ0) is 15.5. The SMILES string of the molecule is OCc1ccc(Cl)c(NCc2nccn2CC(F)(F)F)c1. The number of nitrogens with one attached hydrogen (secondary N) is 1. The smallest absolute Gasteiger partial charge is 0.392 e. The Morgan fingerprint density at radius 3 is 2.76 bits per heavy atom. The van der Waals surface area contributed by atoms with Gasteiger partial charge in [0.25, 0.3) is 0 Å². The molecule has 21 heavy (non-hydrogen) atoms. The van der Waals surface area contributed by atoms with Crippen molar-refractivity contribution in [1.29, 1.82) is 0 Å². The average molecular weight is 320 g/mol. The van der Waals surface area contributed by atoms with Gasteiger partial charge in [0.15, 0.2) is 0 Å². The summed E-state index contributed by atoms with van der Waals surface area (Å²) in [7, 11) is 0. The van der Waals surface area contributed by atoms with E-state index in [0.717, 1.165) is 4.57 Å². The molecule has 0 aliphatic carbocycles. The highest BCUT2D eigenvalue weighted by molar-refractivity contribution is 6.33. The number of halogens is 4. The van der Waals surface area contributed by atoms with Gasteiger partial charge in [-0.15, -0.1) is 0 Å². The summed E-state index contributed by atoms with van der Waals surface area (Å²) < 4.78 is 38.2. The van der Waals surface area contributed by atoms with E-state index in [1.165, 1.54) is 12.4 Å². The fourth-order valence-electron chi connectivity index (χ4n) is 1.82. The molecule has 4 nitrogen and oxygen atoms in total. The standard InChI is InChI=1S/C13H13ClF3N3O/c14-10-2-1-9(7-21)5-11(10)19-6-12-18-3-4-20(12)8-13(15,16)17/h1-5,19,21H,6-8H2. The lowest BCUT2D eigenvalue weighted by molar-refractivity contribution is -0.141. The Labute approximate surface area is 124 Å². The molecule has 0 amide bonds. The molecule has 0 saturated heterocycles. The first-order chi connectivity index (χ1) is 9.89. The van der Waals surface area contributed by atoms with Crippen LogP contribution in [0, 0.1) is 0 Å². The van der Waals surface area contributed by atoms with Crippen molar-refractivity contribution < 1.29 is 18.3 Å². The van der Waals surface area contributed by atoms with Crippen LogP contribution in [0.1, 0.15) is 11.4 Å². The summed E-state index contributed by atoms with van der Waals surface area (Å²) in [6.07, 6.45) is -1.71. The van der Waals surface area contributed by atoms with Gasteiger partial charge in [0.1, 0.15) is 12.4 Å². The number of imidazole rings is 1. The number of hydrogen-bond donors (Lipinski definition) is 2. The highest BCUT2D eigenvalue weighted by Crippen LogP contribution is 2.24. The molecule has 1 heterocycles. The van der Waals surface area contributed by atoms with E-state index in [1.807, 2.05) is 0 Å². The zero-order valence-electron chi connectivity index (χ0n) is 10.9. The summed E-state index contributed by atoms with van der Waals surface area (Å²) >= 11 is 5.99. The number of aliphatic hydroxyl groups excluding tert-OH is 1. The molecule has 0 aliphatic rings. The number of anilines is 1. The van der Waals surface area contributed by atoms with Crippen molar-refractivity contribution in [3.8, 4) is 0 Å². The van der Waals surface area contributed by atoms with Crippen molar-refractivity contribution in [2.45, 2.75) is 25.9 Å². The third-order valence-electron chi connectivity index (χ3n) is 2.80. The van der Waals surface area contributed by atoms with Crippen LogP contribution >= 0.6 is 11.6 Å². The third-order valence-corrected chi connectivity index (χ3v) is 3.13. The van der Waals surface area contributed by atoms with Crippen molar-refractivity contribution in [1.82, 2.24) is 9.55 Å². The lowest BCUT2D eigenvalue weighted by atomic mass is 10.2. The molecule has 1 aromatic carbocycles. The summed E-state index contributed by atoms with van der Waals surface area (Å²) in [5.41, 5.74) is 1.19. The van der Waals surface area contributed by atoms with Gasteiger partial charge in [0.05, 0.1) is 23.9 Å². The molecule has 2 aromatic rings. The molecule has 2 N–H and O–H groups in total. The fourth-order valence-corrected chi connectivity index (χ4v) is 2.01. The molecule has 0 radical (unpaired) electrons. The van der Waals surface area contributed by atoms with Gasteiger partial charge in [-0.3, -0.25) is 0 Å². The van der Waals surface area contributed by atoms with Crippen LogP contribution in [0.25, 0.3) is 0 Å². The number of benzene rings is 1. The van der Waals surface area contributed by atoms with Gasteiger partial charge < -0.3 is 15.0 Å². The predicted molar refractivity (Wildman–Crippen MR) is 73.0 cm³/mol. The van der Waals surface area contributed by atoms with E-state index in [-0.39, 0.29) is 19.0 Å². The van der Waals surface area contributed by atoms with Gasteiger partial charge in [-0.2, -0.15) is 13.2 Å². The lowest BCUT2D eigenvalue weighted by Gasteiger charge is -2.13. The molecule has 114 valence electrons. The Morgan fingerprint density at radius 1 is 1.33 bits per heavy atom. The summed E-state index contributed by atoms with van der Waals surface area (Å²) in [5.74, 6) is 0.248. The Hall–Kier alpha value is -1.73. The quantitative estimate of drug-likeness (QED) is 0.890. The van der Waals surface area contributed by atoms with E-state index in [4.69, 9.17) is 16.7 Å². The number of hydrogen-bond acceptors (Lipinski definition) is 3. The summed E-state index contributed by atoms with van der Waals surface area (Å²) in [6.45, 7) is -1.14. The Kier molecular flexibility index (Phi) is 4.74. The molecule has 0 aliphatic heterocycles. The molecule has 2 rings (SSSR count). The predicted octanol–water partition coefficient (Wildman–Crippen LogP) is 3.20. The molecule has 1 aromatic heterocycles. The minimum Gasteiger partial charge on any atom is -0.392 e. The first-order valence-corrected chi connectivity index (χ1v) is 6.47. The molecular formula is C13H13ClF3N3O. The van der Waals surface area contributed by atoms with Crippen molar-refractivity contribution in [3.63, 3.8) is 0 Å². The highest BCUT2D eigenvalue weighted by Gasteiger charge is 2.28. The van der Waals surface area contributed by atoms with Gasteiger partial charge in [-0.05, 0) is 17.7 Å². The molecular weight excluding hydrogens is 307 g/mol. The minimum atomic E-state index is -4.30. The minimum absolute atomic E-state index is 0.0949. The van der Waals surface area contributed by atoms with Crippen LogP contribution < -0.4 is 5.32 Å². The second-order valence-corrected chi connectivity index (χ2v) is 4.82. The van der Waals surface area contributed by atoms with E-state index >= 15 is 0 Å². The van der Waals surface area contributed by atoms with Crippen LogP contribution in [-0.2, 0) is 19.7 Å². The van der Waals surface area contributed by atoms with Gasteiger partial charge in [0.2, 0.25) is 0 Å². The number of rotatable bonds is 5. The molecule has 0 unspecified atom stereocenters. The van der Waals surface area contributed by atoms with Crippen LogP contribution in [0.4, 0.5) is 18.9 Å². The van der Waals surface area contributed by atoms with E-state index < -0.39 is 12.7 Å². The largest absolute Gasteiger partial charge is 0.406 e. The first-order valence-electron chi connectivity index (χ1n) is 6.09. The van der Waals surface area contributed by atoms with Crippen LogP contribution in [0.15, 0.2) is 30.6 Å². The van der Waals surface area contributed by atoms with Gasteiger partial charge in [0, 0.05) is 12.4 Å². The topological polar surface area (TPSA) is 50.1 Å². The molecule has 0 atom stereocenters. The second-order valence-electron chi connectivity index (χ2n) is 4.41. The normalized spacial score (nSPS) is 11.7. The molecule has 0 bridgehead atoms. The van der Waals surface area contributed by atoms with E-state index in [0.29, 0.717) is 16.3 Å². The van der Waals surface area contributed by atoms with Gasteiger partial charge in [-0.25, -0.2) is 4.98 Å². The number of aromatic nitrogens is 2. The fraction of sp³-hybridized carbons (Fsp3) is 0.308. The Balaban J connectivity index is 2.09. The maximum Gasteiger partial charge on any atom is 0.406 e. The average Bonchev–Trinajstić information content (AvgIpc) is 2.83. The number of alkyl halides is 3.